The van der Waals surface area contributed by atoms with E-state index in [1.54, 1.807) is 6.92 Å². The molecule has 3 atom stereocenters. The zero-order valence-electron chi connectivity index (χ0n) is 13.7. The normalized spacial score (nSPS) is 21.0. The largest absolute Gasteiger partial charge is 0.389 e. The molecule has 1 aliphatic rings. The summed E-state index contributed by atoms with van der Waals surface area (Å²) in [7, 11) is 4.08. The average Bonchev–Trinajstić information content (AvgIpc) is 2.87. The van der Waals surface area contributed by atoms with Crippen LogP contribution in [0.3, 0.4) is 0 Å². The van der Waals surface area contributed by atoms with E-state index in [0.29, 0.717) is 0 Å². The van der Waals surface area contributed by atoms with E-state index in [2.05, 4.69) is 36.1 Å². The molecule has 22 heavy (non-hydrogen) atoms. The lowest BCUT2D eigenvalue weighted by Gasteiger charge is -2.19. The Hall–Kier alpha value is -1.68. The molecule has 0 bridgehead atoms. The molecular weight excluding hydrogens is 274 g/mol. The van der Waals surface area contributed by atoms with Crippen molar-refractivity contribution in [3.8, 4) is 0 Å². The van der Waals surface area contributed by atoms with Gasteiger partial charge in [0, 0.05) is 5.56 Å². The number of ether oxygens (including phenoxy) is 1. The smallest absolute Gasteiger partial charge is 0.137 e. The predicted molar refractivity (Wildman–Crippen MR) is 89.4 cm³/mol. The third-order valence-electron chi connectivity index (χ3n) is 3.78. The Kier molecular flexibility index (Phi) is 5.72. The lowest BCUT2D eigenvalue weighted by molar-refractivity contribution is -0.0563. The minimum Gasteiger partial charge on any atom is -0.389 e. The summed E-state index contributed by atoms with van der Waals surface area (Å²) < 4.78 is 5.82. The molecule has 1 unspecified atom stereocenters. The van der Waals surface area contributed by atoms with Crippen molar-refractivity contribution in [3.05, 3.63) is 71.3 Å². The maximum atomic E-state index is 9.02. The van der Waals surface area contributed by atoms with Crippen LogP contribution in [0.4, 0.5) is 0 Å². The van der Waals surface area contributed by atoms with Crippen molar-refractivity contribution in [2.75, 3.05) is 14.1 Å². The molecule has 0 aromatic heterocycles. The summed E-state index contributed by atoms with van der Waals surface area (Å²) in [6.07, 6.45) is 0.0148. The number of fused-ring (bicyclic) bond motifs is 1. The Balaban J connectivity index is 0.000000172. The summed E-state index contributed by atoms with van der Waals surface area (Å²) in [5.41, 5.74) is 3.60. The number of hydrogen-bond donors (Lipinski definition) is 1. The molecule has 0 fully saturated rings. The van der Waals surface area contributed by atoms with Crippen molar-refractivity contribution in [3.63, 3.8) is 0 Å². The van der Waals surface area contributed by atoms with Crippen LogP contribution in [-0.4, -0.2) is 24.1 Å². The molecule has 3 nitrogen and oxygen atoms in total. The Bertz CT molecular complexity index is 581. The molecule has 0 radical (unpaired) electrons. The molecular formula is C19H25NO2. The number of rotatable bonds is 2. The van der Waals surface area contributed by atoms with Gasteiger partial charge in [-0.1, -0.05) is 54.6 Å². The van der Waals surface area contributed by atoms with Crippen LogP contribution in [0.2, 0.25) is 0 Å². The van der Waals surface area contributed by atoms with Gasteiger partial charge in [-0.25, -0.2) is 0 Å². The van der Waals surface area contributed by atoms with Crippen LogP contribution >= 0.6 is 0 Å². The maximum absolute atomic E-state index is 9.02. The first-order valence-corrected chi connectivity index (χ1v) is 7.64. The van der Waals surface area contributed by atoms with Crippen LogP contribution in [0.25, 0.3) is 0 Å². The van der Waals surface area contributed by atoms with Crippen LogP contribution in [0.5, 0.6) is 0 Å². The highest BCUT2D eigenvalue weighted by Gasteiger charge is 2.29. The van der Waals surface area contributed by atoms with Crippen LogP contribution in [0.1, 0.15) is 49.0 Å². The minimum absolute atomic E-state index is 0.131. The van der Waals surface area contributed by atoms with Crippen molar-refractivity contribution in [2.24, 2.45) is 0 Å². The molecule has 2 aromatic carbocycles. The molecule has 1 heterocycles. The van der Waals surface area contributed by atoms with Gasteiger partial charge in [-0.2, -0.15) is 0 Å². The van der Waals surface area contributed by atoms with Crippen molar-refractivity contribution >= 4 is 0 Å². The quantitative estimate of drug-likeness (QED) is 0.907. The average molecular weight is 299 g/mol. The molecule has 1 N–H and O–H groups in total. The highest BCUT2D eigenvalue weighted by molar-refractivity contribution is 5.33. The van der Waals surface area contributed by atoms with Gasteiger partial charge >= 0.3 is 0 Å². The van der Waals surface area contributed by atoms with E-state index >= 15 is 0 Å². The SMILES string of the molecule is C[C@@H]1OC(N(C)C)c2ccccc21.C[C@H](O)c1ccccc1. The molecule has 3 rings (SSSR count). The Labute approximate surface area is 133 Å². The zero-order valence-corrected chi connectivity index (χ0v) is 13.7. The fourth-order valence-corrected chi connectivity index (χ4v) is 2.58. The van der Waals surface area contributed by atoms with E-state index < -0.39 is 0 Å². The number of hydrogen-bond acceptors (Lipinski definition) is 3. The lowest BCUT2D eigenvalue weighted by Crippen LogP contribution is -2.18. The van der Waals surface area contributed by atoms with Gasteiger partial charge in [0.1, 0.15) is 6.23 Å². The molecule has 1 aliphatic heterocycles. The van der Waals surface area contributed by atoms with Crippen LogP contribution in [-0.2, 0) is 4.74 Å². The number of aliphatic hydroxyl groups is 1. The van der Waals surface area contributed by atoms with Gasteiger partial charge in [0.15, 0.2) is 0 Å². The molecule has 0 aliphatic carbocycles. The Morgan fingerprint density at radius 1 is 0.955 bits per heavy atom. The van der Waals surface area contributed by atoms with Gasteiger partial charge in [0.2, 0.25) is 0 Å². The summed E-state index contributed by atoms with van der Waals surface area (Å²) >= 11 is 0. The van der Waals surface area contributed by atoms with Crippen LogP contribution in [0, 0.1) is 0 Å². The molecule has 118 valence electrons. The fourth-order valence-electron chi connectivity index (χ4n) is 2.58. The van der Waals surface area contributed by atoms with Crippen molar-refractivity contribution in [1.29, 1.82) is 0 Å². The molecule has 2 aromatic rings. The molecule has 0 saturated carbocycles. The minimum atomic E-state index is -0.341. The second-order valence-electron chi connectivity index (χ2n) is 5.81. The van der Waals surface area contributed by atoms with E-state index in [-0.39, 0.29) is 18.4 Å². The fraction of sp³-hybridized carbons (Fsp3) is 0.368. The molecule has 3 heteroatoms. The monoisotopic (exact) mass is 299 g/mol. The van der Waals surface area contributed by atoms with Crippen LogP contribution < -0.4 is 0 Å². The third kappa shape index (κ3) is 3.95. The molecule has 0 spiro atoms. The topological polar surface area (TPSA) is 32.7 Å². The van der Waals surface area contributed by atoms with Crippen molar-refractivity contribution in [1.82, 2.24) is 4.90 Å². The number of benzene rings is 2. The van der Waals surface area contributed by atoms with Gasteiger partial charge in [-0.05, 0) is 39.1 Å². The molecule has 0 amide bonds. The van der Waals surface area contributed by atoms with Crippen molar-refractivity contribution < 1.29 is 9.84 Å². The second kappa shape index (κ2) is 7.54. The van der Waals surface area contributed by atoms with Gasteiger partial charge in [0.25, 0.3) is 0 Å². The number of nitrogens with zero attached hydrogens (tertiary/aromatic N) is 1. The van der Waals surface area contributed by atoms with E-state index in [1.807, 2.05) is 44.4 Å². The Morgan fingerprint density at radius 3 is 2.00 bits per heavy atom. The first kappa shape index (κ1) is 16.7. The van der Waals surface area contributed by atoms with Gasteiger partial charge in [-0.15, -0.1) is 0 Å². The number of aliphatic hydroxyl groups excluding tert-OH is 1. The van der Waals surface area contributed by atoms with E-state index in [4.69, 9.17) is 9.84 Å². The summed E-state index contributed by atoms with van der Waals surface area (Å²) in [5.74, 6) is 0. The predicted octanol–water partition coefficient (Wildman–Crippen LogP) is 4.08. The third-order valence-corrected chi connectivity index (χ3v) is 3.78. The van der Waals surface area contributed by atoms with E-state index in [9.17, 15) is 0 Å². The summed E-state index contributed by atoms with van der Waals surface area (Å²) in [6, 6.07) is 18.0. The highest BCUT2D eigenvalue weighted by Crippen LogP contribution is 2.39. The van der Waals surface area contributed by atoms with Gasteiger partial charge in [0.05, 0.1) is 12.2 Å². The highest BCUT2D eigenvalue weighted by atomic mass is 16.5. The first-order valence-electron chi connectivity index (χ1n) is 7.64. The second-order valence-corrected chi connectivity index (χ2v) is 5.81. The Morgan fingerprint density at radius 2 is 1.50 bits per heavy atom. The van der Waals surface area contributed by atoms with Gasteiger partial charge < -0.3 is 9.84 Å². The standard InChI is InChI=1S/C11H15NO.C8H10O/c1-8-9-6-4-5-7-10(9)11(13-8)12(2)3;1-7(9)8-5-3-2-4-6-8/h4-8,11H,1-3H3;2-7,9H,1H3/t8-,11?;7-/m00/s1. The zero-order chi connectivity index (χ0) is 16.1. The maximum Gasteiger partial charge on any atom is 0.137 e. The van der Waals surface area contributed by atoms with Crippen molar-refractivity contribution in [2.45, 2.75) is 32.3 Å². The summed E-state index contributed by atoms with van der Waals surface area (Å²) in [6.45, 7) is 3.86. The van der Waals surface area contributed by atoms with E-state index in [0.717, 1.165) is 5.56 Å². The summed E-state index contributed by atoms with van der Waals surface area (Å²) in [4.78, 5) is 2.10. The van der Waals surface area contributed by atoms with Gasteiger partial charge in [-0.3, -0.25) is 4.90 Å². The lowest BCUT2D eigenvalue weighted by atomic mass is 10.1. The summed E-state index contributed by atoms with van der Waals surface area (Å²) in [5, 5.41) is 9.02. The van der Waals surface area contributed by atoms with Crippen LogP contribution in [0.15, 0.2) is 54.6 Å². The van der Waals surface area contributed by atoms with E-state index in [1.165, 1.54) is 11.1 Å². The molecule has 0 saturated heterocycles. The first-order chi connectivity index (χ1) is 10.5.